The number of nitro groups is 1. The Bertz CT molecular complexity index is 549. The molecule has 116 valence electrons. The SMILES string of the molecule is CC(C)CC(O)CNC(=O)c1cc(F)cc([N+](=O)[O-])c1F. The molecular formula is C13H16F2N2O4. The molecule has 1 unspecified atom stereocenters. The zero-order valence-electron chi connectivity index (χ0n) is 11.6. The molecule has 0 aliphatic rings. The Balaban J connectivity index is 2.86. The lowest BCUT2D eigenvalue weighted by Gasteiger charge is -2.14. The predicted molar refractivity (Wildman–Crippen MR) is 70.8 cm³/mol. The van der Waals surface area contributed by atoms with E-state index in [0.29, 0.717) is 18.6 Å². The van der Waals surface area contributed by atoms with E-state index in [1.807, 2.05) is 13.8 Å². The van der Waals surface area contributed by atoms with E-state index in [1.165, 1.54) is 0 Å². The van der Waals surface area contributed by atoms with Gasteiger partial charge in [-0.1, -0.05) is 13.8 Å². The van der Waals surface area contributed by atoms with Crippen LogP contribution in [0.5, 0.6) is 0 Å². The van der Waals surface area contributed by atoms with Gasteiger partial charge in [0.25, 0.3) is 5.91 Å². The normalized spacial score (nSPS) is 12.3. The van der Waals surface area contributed by atoms with E-state index < -0.39 is 39.8 Å². The summed E-state index contributed by atoms with van der Waals surface area (Å²) in [5.41, 5.74) is -1.87. The molecule has 2 N–H and O–H groups in total. The highest BCUT2D eigenvalue weighted by molar-refractivity contribution is 5.95. The van der Waals surface area contributed by atoms with Crippen LogP contribution in [0.25, 0.3) is 0 Å². The Morgan fingerprint density at radius 1 is 1.43 bits per heavy atom. The largest absolute Gasteiger partial charge is 0.391 e. The van der Waals surface area contributed by atoms with E-state index in [9.17, 15) is 28.8 Å². The molecule has 0 heterocycles. The van der Waals surface area contributed by atoms with Crippen LogP contribution in [0.2, 0.25) is 0 Å². The summed E-state index contributed by atoms with van der Waals surface area (Å²) in [5, 5.41) is 22.4. The molecule has 0 aliphatic heterocycles. The van der Waals surface area contributed by atoms with Gasteiger partial charge in [-0.05, 0) is 18.4 Å². The van der Waals surface area contributed by atoms with E-state index in [1.54, 1.807) is 0 Å². The topological polar surface area (TPSA) is 92.5 Å². The van der Waals surface area contributed by atoms with Crippen molar-refractivity contribution in [1.29, 1.82) is 0 Å². The summed E-state index contributed by atoms with van der Waals surface area (Å²) in [4.78, 5) is 21.2. The second-order valence-corrected chi connectivity index (χ2v) is 5.04. The van der Waals surface area contributed by atoms with Gasteiger partial charge in [0.1, 0.15) is 5.82 Å². The van der Waals surface area contributed by atoms with Crippen LogP contribution in [0.1, 0.15) is 30.6 Å². The lowest BCUT2D eigenvalue weighted by atomic mass is 10.1. The van der Waals surface area contributed by atoms with Crippen molar-refractivity contribution in [3.63, 3.8) is 0 Å². The van der Waals surface area contributed by atoms with Crippen molar-refractivity contribution >= 4 is 11.6 Å². The number of carbonyl (C=O) groups excluding carboxylic acids is 1. The molecule has 0 fully saturated rings. The Labute approximate surface area is 119 Å². The monoisotopic (exact) mass is 302 g/mol. The van der Waals surface area contributed by atoms with Gasteiger partial charge in [-0.15, -0.1) is 0 Å². The number of nitro benzene ring substituents is 1. The van der Waals surface area contributed by atoms with Gasteiger partial charge in [0.15, 0.2) is 0 Å². The molecule has 1 aromatic rings. The predicted octanol–water partition coefficient (Wildman–Crippen LogP) is 2.01. The lowest BCUT2D eigenvalue weighted by Crippen LogP contribution is -2.33. The van der Waals surface area contributed by atoms with Crippen molar-refractivity contribution in [2.75, 3.05) is 6.54 Å². The van der Waals surface area contributed by atoms with Crippen LogP contribution in [-0.2, 0) is 0 Å². The molecule has 8 heteroatoms. The number of benzene rings is 1. The van der Waals surface area contributed by atoms with Crippen LogP contribution in [0.15, 0.2) is 12.1 Å². The summed E-state index contributed by atoms with van der Waals surface area (Å²) < 4.78 is 27.0. The quantitative estimate of drug-likeness (QED) is 0.621. The number of rotatable bonds is 6. The number of hydrogen-bond acceptors (Lipinski definition) is 4. The van der Waals surface area contributed by atoms with Crippen molar-refractivity contribution in [2.24, 2.45) is 5.92 Å². The number of nitrogens with zero attached hydrogens (tertiary/aromatic N) is 1. The Kier molecular flexibility index (Phi) is 5.71. The molecular weight excluding hydrogens is 286 g/mol. The standard InChI is InChI=1S/C13H16F2N2O4/c1-7(2)3-9(18)6-16-13(19)10-4-8(14)5-11(12(10)15)17(20)21/h4-5,7,9,18H,3,6H2,1-2H3,(H,16,19). The number of hydrogen-bond donors (Lipinski definition) is 2. The summed E-state index contributed by atoms with van der Waals surface area (Å²) in [7, 11) is 0. The van der Waals surface area contributed by atoms with Gasteiger partial charge >= 0.3 is 5.69 Å². The molecule has 1 atom stereocenters. The van der Waals surface area contributed by atoms with E-state index in [-0.39, 0.29) is 12.5 Å². The van der Waals surface area contributed by atoms with E-state index >= 15 is 0 Å². The van der Waals surface area contributed by atoms with Crippen LogP contribution in [-0.4, -0.2) is 28.6 Å². The third-order valence-corrected chi connectivity index (χ3v) is 2.70. The van der Waals surface area contributed by atoms with Crippen molar-refractivity contribution < 1.29 is 23.6 Å². The fraction of sp³-hybridized carbons (Fsp3) is 0.462. The minimum atomic E-state index is -1.41. The van der Waals surface area contributed by atoms with Crippen LogP contribution >= 0.6 is 0 Å². The molecule has 6 nitrogen and oxygen atoms in total. The van der Waals surface area contributed by atoms with E-state index in [0.717, 1.165) is 0 Å². The first-order valence-corrected chi connectivity index (χ1v) is 6.32. The summed E-state index contributed by atoms with van der Waals surface area (Å²) in [6.07, 6.45) is -0.410. The minimum Gasteiger partial charge on any atom is -0.391 e. The van der Waals surface area contributed by atoms with Crippen LogP contribution in [0, 0.1) is 27.7 Å². The number of aliphatic hydroxyl groups excluding tert-OH is 1. The first kappa shape index (κ1) is 17.0. The molecule has 0 spiro atoms. The summed E-state index contributed by atoms with van der Waals surface area (Å²) in [6, 6.07) is 0.978. The fourth-order valence-electron chi connectivity index (χ4n) is 1.81. The average molecular weight is 302 g/mol. The Morgan fingerprint density at radius 3 is 2.57 bits per heavy atom. The molecule has 0 saturated heterocycles. The van der Waals surface area contributed by atoms with Crippen molar-refractivity contribution in [2.45, 2.75) is 26.4 Å². The molecule has 1 aromatic carbocycles. The minimum absolute atomic E-state index is 0.152. The maximum absolute atomic E-state index is 13.8. The Hall–Kier alpha value is -2.09. The van der Waals surface area contributed by atoms with Gasteiger partial charge in [-0.25, -0.2) is 4.39 Å². The maximum atomic E-state index is 13.8. The fourth-order valence-corrected chi connectivity index (χ4v) is 1.81. The summed E-state index contributed by atoms with van der Waals surface area (Å²) >= 11 is 0. The van der Waals surface area contributed by atoms with Gasteiger partial charge in [0.05, 0.1) is 22.7 Å². The second kappa shape index (κ2) is 7.07. The molecule has 21 heavy (non-hydrogen) atoms. The Morgan fingerprint density at radius 2 is 2.05 bits per heavy atom. The van der Waals surface area contributed by atoms with Crippen molar-refractivity contribution in [3.05, 3.63) is 39.4 Å². The smallest absolute Gasteiger partial charge is 0.308 e. The first-order chi connectivity index (χ1) is 9.72. The molecule has 0 aromatic heterocycles. The van der Waals surface area contributed by atoms with Crippen LogP contribution < -0.4 is 5.32 Å². The van der Waals surface area contributed by atoms with Gasteiger partial charge in [0, 0.05) is 6.54 Å². The molecule has 0 aliphatic carbocycles. The van der Waals surface area contributed by atoms with Crippen LogP contribution in [0.4, 0.5) is 14.5 Å². The molecule has 1 rings (SSSR count). The third-order valence-electron chi connectivity index (χ3n) is 2.70. The summed E-state index contributed by atoms with van der Waals surface area (Å²) in [5.74, 6) is -3.31. The van der Waals surface area contributed by atoms with Gasteiger partial charge in [0.2, 0.25) is 5.82 Å². The highest BCUT2D eigenvalue weighted by Crippen LogP contribution is 2.22. The van der Waals surface area contributed by atoms with Crippen LogP contribution in [0.3, 0.4) is 0 Å². The highest BCUT2D eigenvalue weighted by atomic mass is 19.1. The lowest BCUT2D eigenvalue weighted by molar-refractivity contribution is -0.387. The third kappa shape index (κ3) is 4.75. The summed E-state index contributed by atoms with van der Waals surface area (Å²) in [6.45, 7) is 3.60. The first-order valence-electron chi connectivity index (χ1n) is 6.32. The average Bonchev–Trinajstić information content (AvgIpc) is 2.37. The number of amides is 1. The van der Waals surface area contributed by atoms with E-state index in [2.05, 4.69) is 5.32 Å². The van der Waals surface area contributed by atoms with E-state index in [4.69, 9.17) is 0 Å². The van der Waals surface area contributed by atoms with Crippen molar-refractivity contribution in [1.82, 2.24) is 5.32 Å². The molecule has 0 radical (unpaired) electrons. The number of carbonyl (C=O) groups is 1. The number of halogens is 2. The van der Waals surface area contributed by atoms with Gasteiger partial charge < -0.3 is 10.4 Å². The number of aliphatic hydroxyl groups is 1. The van der Waals surface area contributed by atoms with Gasteiger partial charge in [-0.2, -0.15) is 4.39 Å². The van der Waals surface area contributed by atoms with Crippen molar-refractivity contribution in [3.8, 4) is 0 Å². The maximum Gasteiger partial charge on any atom is 0.308 e. The zero-order chi connectivity index (χ0) is 16.2. The second-order valence-electron chi connectivity index (χ2n) is 5.04. The number of nitrogens with one attached hydrogen (secondary N) is 1. The molecule has 0 bridgehead atoms. The molecule has 0 saturated carbocycles. The highest BCUT2D eigenvalue weighted by Gasteiger charge is 2.24. The van der Waals surface area contributed by atoms with Gasteiger partial charge in [-0.3, -0.25) is 14.9 Å². The molecule has 1 amide bonds. The zero-order valence-corrected chi connectivity index (χ0v) is 11.6.